The van der Waals surface area contributed by atoms with Gasteiger partial charge in [0.2, 0.25) is 0 Å². The molecular weight excluding hydrogens is 208 g/mol. The Morgan fingerprint density at radius 2 is 1.88 bits per heavy atom. The third-order valence-corrected chi connectivity index (χ3v) is 3.50. The van der Waals surface area contributed by atoms with Gasteiger partial charge in [-0.25, -0.2) is 5.43 Å². The SMILES string of the molecule is Cc1cc2c(c(C(C)(C)C)c1C(C)C)CNN2. The first-order valence-electron chi connectivity index (χ1n) is 6.48. The summed E-state index contributed by atoms with van der Waals surface area (Å²) in [6.45, 7) is 14.7. The molecule has 1 aliphatic heterocycles. The van der Waals surface area contributed by atoms with Crippen LogP contribution in [-0.2, 0) is 12.0 Å². The zero-order valence-electron chi connectivity index (χ0n) is 11.9. The molecule has 0 bridgehead atoms. The van der Waals surface area contributed by atoms with Gasteiger partial charge in [-0.15, -0.1) is 0 Å². The van der Waals surface area contributed by atoms with Gasteiger partial charge < -0.3 is 5.43 Å². The fourth-order valence-electron chi connectivity index (χ4n) is 3.00. The first-order valence-corrected chi connectivity index (χ1v) is 6.48. The Balaban J connectivity index is 2.75. The van der Waals surface area contributed by atoms with Crippen molar-refractivity contribution in [3.05, 3.63) is 28.3 Å². The number of benzene rings is 1. The van der Waals surface area contributed by atoms with Crippen molar-refractivity contribution in [2.75, 3.05) is 5.43 Å². The molecule has 0 aromatic heterocycles. The summed E-state index contributed by atoms with van der Waals surface area (Å²) < 4.78 is 0. The van der Waals surface area contributed by atoms with Crippen LogP contribution in [0.1, 0.15) is 62.8 Å². The van der Waals surface area contributed by atoms with Gasteiger partial charge in [0.05, 0.1) is 5.69 Å². The summed E-state index contributed by atoms with van der Waals surface area (Å²) in [6, 6.07) is 2.28. The normalized spacial score (nSPS) is 15.0. The summed E-state index contributed by atoms with van der Waals surface area (Å²) in [5, 5.41) is 0. The number of rotatable bonds is 1. The number of hydrazine groups is 1. The van der Waals surface area contributed by atoms with Crippen molar-refractivity contribution in [1.82, 2.24) is 5.43 Å². The molecule has 2 nitrogen and oxygen atoms in total. The lowest BCUT2D eigenvalue weighted by molar-refractivity contribution is 0.568. The van der Waals surface area contributed by atoms with Gasteiger partial charge in [0.1, 0.15) is 0 Å². The lowest BCUT2D eigenvalue weighted by atomic mass is 9.76. The quantitative estimate of drug-likeness (QED) is 0.768. The lowest BCUT2D eigenvalue weighted by Gasteiger charge is -2.29. The van der Waals surface area contributed by atoms with Crippen LogP contribution < -0.4 is 10.9 Å². The van der Waals surface area contributed by atoms with Gasteiger partial charge in [-0.1, -0.05) is 34.6 Å². The molecule has 94 valence electrons. The maximum Gasteiger partial charge on any atom is 0.0539 e. The average Bonchev–Trinajstić information content (AvgIpc) is 2.60. The van der Waals surface area contributed by atoms with Crippen molar-refractivity contribution < 1.29 is 0 Å². The van der Waals surface area contributed by atoms with Crippen LogP contribution in [-0.4, -0.2) is 0 Å². The second-order valence-electron chi connectivity index (χ2n) is 6.39. The maximum absolute atomic E-state index is 3.27. The van der Waals surface area contributed by atoms with E-state index in [9.17, 15) is 0 Å². The molecule has 1 aliphatic rings. The molecule has 0 amide bonds. The Bertz CT molecular complexity index is 439. The van der Waals surface area contributed by atoms with E-state index in [2.05, 4.69) is 58.5 Å². The topological polar surface area (TPSA) is 24.1 Å². The molecule has 0 fully saturated rings. The van der Waals surface area contributed by atoms with Crippen LogP contribution in [0.15, 0.2) is 6.07 Å². The van der Waals surface area contributed by atoms with Gasteiger partial charge in [0.15, 0.2) is 0 Å². The van der Waals surface area contributed by atoms with E-state index >= 15 is 0 Å². The highest BCUT2D eigenvalue weighted by Crippen LogP contribution is 2.40. The Morgan fingerprint density at radius 3 is 2.41 bits per heavy atom. The van der Waals surface area contributed by atoms with E-state index in [0.29, 0.717) is 5.92 Å². The second-order valence-corrected chi connectivity index (χ2v) is 6.39. The van der Waals surface area contributed by atoms with E-state index in [1.807, 2.05) is 0 Å². The Labute approximate surface area is 105 Å². The van der Waals surface area contributed by atoms with E-state index in [1.165, 1.54) is 27.9 Å². The lowest BCUT2D eigenvalue weighted by Crippen LogP contribution is -2.19. The third-order valence-electron chi connectivity index (χ3n) is 3.50. The Hall–Kier alpha value is -1.02. The van der Waals surface area contributed by atoms with Crippen LogP contribution in [0.3, 0.4) is 0 Å². The molecule has 0 spiro atoms. The van der Waals surface area contributed by atoms with Crippen molar-refractivity contribution in [3.63, 3.8) is 0 Å². The van der Waals surface area contributed by atoms with E-state index in [1.54, 1.807) is 0 Å². The molecule has 17 heavy (non-hydrogen) atoms. The fourth-order valence-corrected chi connectivity index (χ4v) is 3.00. The molecule has 2 N–H and O–H groups in total. The molecule has 0 radical (unpaired) electrons. The minimum atomic E-state index is 0.198. The molecule has 0 atom stereocenters. The van der Waals surface area contributed by atoms with E-state index in [0.717, 1.165) is 6.54 Å². The predicted molar refractivity (Wildman–Crippen MR) is 74.4 cm³/mol. The van der Waals surface area contributed by atoms with Crippen molar-refractivity contribution in [2.24, 2.45) is 0 Å². The molecule has 2 rings (SSSR count). The standard InChI is InChI=1S/C15H24N2/c1-9(2)13-10(3)7-12-11(8-16-17-12)14(13)15(4,5)6/h7,9,16-17H,8H2,1-6H3. The number of aryl methyl sites for hydroxylation is 1. The van der Waals surface area contributed by atoms with E-state index < -0.39 is 0 Å². The first kappa shape index (κ1) is 12.4. The number of nitrogens with one attached hydrogen (secondary N) is 2. The third kappa shape index (κ3) is 2.06. The molecule has 0 unspecified atom stereocenters. The minimum absolute atomic E-state index is 0.198. The van der Waals surface area contributed by atoms with Crippen LogP contribution in [0, 0.1) is 6.92 Å². The highest BCUT2D eigenvalue weighted by Gasteiger charge is 2.28. The zero-order valence-corrected chi connectivity index (χ0v) is 11.9. The molecule has 2 heteroatoms. The molecule has 1 aromatic rings. The van der Waals surface area contributed by atoms with Gasteiger partial charge in [-0.3, -0.25) is 0 Å². The maximum atomic E-state index is 3.27. The minimum Gasteiger partial charge on any atom is -0.321 e. The molecule has 0 saturated carbocycles. The van der Waals surface area contributed by atoms with Crippen molar-refractivity contribution >= 4 is 5.69 Å². The van der Waals surface area contributed by atoms with Crippen LogP contribution in [0.5, 0.6) is 0 Å². The van der Waals surface area contributed by atoms with Crippen molar-refractivity contribution in [3.8, 4) is 0 Å². The van der Waals surface area contributed by atoms with Gasteiger partial charge in [0.25, 0.3) is 0 Å². The summed E-state index contributed by atoms with van der Waals surface area (Å²) in [6.07, 6.45) is 0. The molecular formula is C15H24N2. The van der Waals surface area contributed by atoms with Crippen LogP contribution >= 0.6 is 0 Å². The highest BCUT2D eigenvalue weighted by atomic mass is 15.4. The predicted octanol–water partition coefficient (Wildman–Crippen LogP) is 3.85. The number of hydrogen-bond acceptors (Lipinski definition) is 2. The molecule has 0 saturated heterocycles. The smallest absolute Gasteiger partial charge is 0.0539 e. The number of hydrogen-bond donors (Lipinski definition) is 2. The number of anilines is 1. The first-order chi connectivity index (χ1) is 7.82. The van der Waals surface area contributed by atoms with Gasteiger partial charge in [0, 0.05) is 6.54 Å². The summed E-state index contributed by atoms with van der Waals surface area (Å²) in [5.74, 6) is 0.579. The van der Waals surface area contributed by atoms with Gasteiger partial charge in [-0.05, 0) is 46.6 Å². The molecule has 1 heterocycles. The second kappa shape index (κ2) is 4.02. The van der Waals surface area contributed by atoms with Gasteiger partial charge in [-0.2, -0.15) is 0 Å². The van der Waals surface area contributed by atoms with Crippen LogP contribution in [0.25, 0.3) is 0 Å². The van der Waals surface area contributed by atoms with Crippen molar-refractivity contribution in [1.29, 1.82) is 0 Å². The van der Waals surface area contributed by atoms with E-state index in [-0.39, 0.29) is 5.41 Å². The summed E-state index contributed by atoms with van der Waals surface area (Å²) in [5.41, 5.74) is 13.9. The van der Waals surface area contributed by atoms with Crippen LogP contribution in [0.4, 0.5) is 5.69 Å². The summed E-state index contributed by atoms with van der Waals surface area (Å²) in [4.78, 5) is 0. The van der Waals surface area contributed by atoms with E-state index in [4.69, 9.17) is 0 Å². The Kier molecular flexibility index (Phi) is 2.94. The number of fused-ring (bicyclic) bond motifs is 1. The highest BCUT2D eigenvalue weighted by molar-refractivity contribution is 5.64. The monoisotopic (exact) mass is 232 g/mol. The van der Waals surface area contributed by atoms with Crippen LogP contribution in [0.2, 0.25) is 0 Å². The average molecular weight is 232 g/mol. The fraction of sp³-hybridized carbons (Fsp3) is 0.600. The largest absolute Gasteiger partial charge is 0.321 e. The Morgan fingerprint density at radius 1 is 1.24 bits per heavy atom. The van der Waals surface area contributed by atoms with Crippen molar-refractivity contribution in [2.45, 2.75) is 59.4 Å². The van der Waals surface area contributed by atoms with Gasteiger partial charge >= 0.3 is 0 Å². The zero-order chi connectivity index (χ0) is 12.8. The molecule has 0 aliphatic carbocycles. The summed E-state index contributed by atoms with van der Waals surface area (Å²) in [7, 11) is 0. The summed E-state index contributed by atoms with van der Waals surface area (Å²) >= 11 is 0. The molecule has 1 aromatic carbocycles.